The Labute approximate surface area is 92.8 Å². The molecule has 16 heavy (non-hydrogen) atoms. The molecule has 90 valence electrons. The first-order valence-corrected chi connectivity index (χ1v) is 5.11. The van der Waals surface area contributed by atoms with Crippen molar-refractivity contribution in [2.24, 2.45) is 0 Å². The van der Waals surface area contributed by atoms with Crippen LogP contribution in [-0.2, 0) is 16.0 Å². The van der Waals surface area contributed by atoms with Gasteiger partial charge >= 0.3 is 5.69 Å². The molecule has 0 saturated carbocycles. The van der Waals surface area contributed by atoms with Gasteiger partial charge in [0.25, 0.3) is 5.56 Å². The SMILES string of the molecule is COCCCOCCn1c(=O)cc[nH]c1=O. The maximum absolute atomic E-state index is 11.3. The fourth-order valence-electron chi connectivity index (χ4n) is 1.23. The van der Waals surface area contributed by atoms with Gasteiger partial charge in [0.05, 0.1) is 13.2 Å². The minimum absolute atomic E-state index is 0.266. The van der Waals surface area contributed by atoms with E-state index < -0.39 is 5.69 Å². The Kier molecular flexibility index (Phi) is 5.52. The number of rotatable bonds is 7. The summed E-state index contributed by atoms with van der Waals surface area (Å²) in [6.45, 7) is 1.82. The fourth-order valence-corrected chi connectivity index (χ4v) is 1.23. The minimum atomic E-state index is -0.409. The standard InChI is InChI=1S/C10H16N2O4/c1-15-6-2-7-16-8-5-12-9(13)3-4-11-10(12)14/h3-4H,2,5-8H2,1H3,(H,11,14). The molecule has 1 N–H and O–H groups in total. The number of nitrogens with zero attached hydrogens (tertiary/aromatic N) is 1. The van der Waals surface area contributed by atoms with Crippen LogP contribution in [0.15, 0.2) is 21.9 Å². The Hall–Kier alpha value is -1.40. The maximum Gasteiger partial charge on any atom is 0.328 e. The van der Waals surface area contributed by atoms with Gasteiger partial charge in [-0.15, -0.1) is 0 Å². The average Bonchev–Trinajstić information content (AvgIpc) is 2.26. The van der Waals surface area contributed by atoms with Crippen molar-refractivity contribution in [3.05, 3.63) is 33.1 Å². The molecule has 0 fully saturated rings. The molecule has 0 saturated heterocycles. The molecule has 0 aliphatic heterocycles. The van der Waals surface area contributed by atoms with Crippen LogP contribution >= 0.6 is 0 Å². The van der Waals surface area contributed by atoms with Crippen LogP contribution in [0.2, 0.25) is 0 Å². The Morgan fingerprint density at radius 2 is 2.12 bits per heavy atom. The zero-order valence-electron chi connectivity index (χ0n) is 9.27. The van der Waals surface area contributed by atoms with Crippen molar-refractivity contribution in [3.63, 3.8) is 0 Å². The van der Waals surface area contributed by atoms with Crippen LogP contribution in [0.5, 0.6) is 0 Å². The Bertz CT molecular complexity index is 382. The summed E-state index contributed by atoms with van der Waals surface area (Å²) in [6, 6.07) is 1.31. The lowest BCUT2D eigenvalue weighted by Gasteiger charge is -2.05. The summed E-state index contributed by atoms with van der Waals surface area (Å²) in [5.74, 6) is 0. The van der Waals surface area contributed by atoms with Gasteiger partial charge in [0.15, 0.2) is 0 Å². The highest BCUT2D eigenvalue weighted by molar-refractivity contribution is 4.82. The van der Waals surface area contributed by atoms with Crippen LogP contribution in [-0.4, -0.2) is 36.5 Å². The van der Waals surface area contributed by atoms with E-state index in [0.29, 0.717) is 19.8 Å². The van der Waals surface area contributed by atoms with Crippen molar-refractivity contribution in [2.45, 2.75) is 13.0 Å². The average molecular weight is 228 g/mol. The molecule has 1 aromatic heterocycles. The summed E-state index contributed by atoms with van der Waals surface area (Å²) in [5, 5.41) is 0. The van der Waals surface area contributed by atoms with E-state index in [-0.39, 0.29) is 12.1 Å². The lowest BCUT2D eigenvalue weighted by atomic mass is 10.5. The van der Waals surface area contributed by atoms with Gasteiger partial charge in [0.2, 0.25) is 0 Å². The van der Waals surface area contributed by atoms with Crippen molar-refractivity contribution in [3.8, 4) is 0 Å². The Morgan fingerprint density at radius 1 is 1.31 bits per heavy atom. The molecular weight excluding hydrogens is 212 g/mol. The first kappa shape index (κ1) is 12.7. The highest BCUT2D eigenvalue weighted by atomic mass is 16.5. The number of H-pyrrole nitrogens is 1. The molecule has 0 amide bonds. The summed E-state index contributed by atoms with van der Waals surface area (Å²) in [5.41, 5.74) is -0.725. The van der Waals surface area contributed by atoms with Crippen LogP contribution in [0.4, 0.5) is 0 Å². The van der Waals surface area contributed by atoms with Crippen LogP contribution in [0.25, 0.3) is 0 Å². The largest absolute Gasteiger partial charge is 0.385 e. The molecule has 0 unspecified atom stereocenters. The number of aromatic amines is 1. The highest BCUT2D eigenvalue weighted by Crippen LogP contribution is 1.84. The van der Waals surface area contributed by atoms with Gasteiger partial charge in [-0.25, -0.2) is 4.79 Å². The number of nitrogens with one attached hydrogen (secondary N) is 1. The molecule has 0 aromatic carbocycles. The third-order valence-electron chi connectivity index (χ3n) is 2.04. The van der Waals surface area contributed by atoms with Crippen molar-refractivity contribution in [1.82, 2.24) is 9.55 Å². The van der Waals surface area contributed by atoms with E-state index >= 15 is 0 Å². The molecule has 0 aliphatic rings. The molecule has 0 spiro atoms. The molecular formula is C10H16N2O4. The predicted octanol–water partition coefficient (Wildman–Crippen LogP) is -0.410. The smallest absolute Gasteiger partial charge is 0.328 e. The highest BCUT2D eigenvalue weighted by Gasteiger charge is 1.99. The third kappa shape index (κ3) is 4.00. The monoisotopic (exact) mass is 228 g/mol. The van der Waals surface area contributed by atoms with Crippen LogP contribution in [0.1, 0.15) is 6.42 Å². The first-order valence-electron chi connectivity index (χ1n) is 5.11. The topological polar surface area (TPSA) is 73.3 Å². The second kappa shape index (κ2) is 6.97. The van der Waals surface area contributed by atoms with Crippen molar-refractivity contribution in [1.29, 1.82) is 0 Å². The number of hydrogen-bond donors (Lipinski definition) is 1. The molecule has 1 rings (SSSR count). The number of ether oxygens (including phenoxy) is 2. The van der Waals surface area contributed by atoms with Crippen LogP contribution < -0.4 is 11.2 Å². The lowest BCUT2D eigenvalue weighted by molar-refractivity contribution is 0.0966. The molecule has 1 aromatic rings. The van der Waals surface area contributed by atoms with Gasteiger partial charge < -0.3 is 14.5 Å². The van der Waals surface area contributed by atoms with Crippen molar-refractivity contribution >= 4 is 0 Å². The van der Waals surface area contributed by atoms with Crippen LogP contribution in [0.3, 0.4) is 0 Å². The van der Waals surface area contributed by atoms with Gasteiger partial charge in [-0.1, -0.05) is 0 Å². The van der Waals surface area contributed by atoms with Gasteiger partial charge in [-0.2, -0.15) is 0 Å². The van der Waals surface area contributed by atoms with E-state index in [9.17, 15) is 9.59 Å². The fraction of sp³-hybridized carbons (Fsp3) is 0.600. The summed E-state index contributed by atoms with van der Waals surface area (Å²) >= 11 is 0. The summed E-state index contributed by atoms with van der Waals surface area (Å²) in [4.78, 5) is 24.9. The van der Waals surface area contributed by atoms with E-state index in [1.54, 1.807) is 7.11 Å². The Balaban J connectivity index is 2.32. The second-order valence-electron chi connectivity index (χ2n) is 3.23. The van der Waals surface area contributed by atoms with E-state index in [4.69, 9.17) is 9.47 Å². The normalized spacial score (nSPS) is 10.6. The Morgan fingerprint density at radius 3 is 2.81 bits per heavy atom. The second-order valence-corrected chi connectivity index (χ2v) is 3.23. The molecule has 0 radical (unpaired) electrons. The molecule has 0 bridgehead atoms. The minimum Gasteiger partial charge on any atom is -0.385 e. The van der Waals surface area contributed by atoms with Gasteiger partial charge in [-0.05, 0) is 6.42 Å². The number of methoxy groups -OCH3 is 1. The molecule has 0 atom stereocenters. The van der Waals surface area contributed by atoms with Crippen molar-refractivity contribution < 1.29 is 9.47 Å². The van der Waals surface area contributed by atoms with E-state index in [2.05, 4.69) is 4.98 Å². The maximum atomic E-state index is 11.3. The summed E-state index contributed by atoms with van der Waals surface area (Å²) in [6.07, 6.45) is 2.14. The van der Waals surface area contributed by atoms with Crippen LogP contribution in [0, 0.1) is 0 Å². The van der Waals surface area contributed by atoms with Gasteiger partial charge in [0, 0.05) is 32.6 Å². The zero-order valence-corrected chi connectivity index (χ0v) is 9.27. The number of aromatic nitrogens is 2. The molecule has 1 heterocycles. The first-order chi connectivity index (χ1) is 7.75. The van der Waals surface area contributed by atoms with Gasteiger partial charge in [-0.3, -0.25) is 9.36 Å². The van der Waals surface area contributed by atoms with Crippen molar-refractivity contribution in [2.75, 3.05) is 26.9 Å². The third-order valence-corrected chi connectivity index (χ3v) is 2.04. The summed E-state index contributed by atoms with van der Waals surface area (Å²) in [7, 11) is 1.63. The van der Waals surface area contributed by atoms with E-state index in [1.165, 1.54) is 12.3 Å². The summed E-state index contributed by atoms with van der Waals surface area (Å²) < 4.78 is 11.2. The quantitative estimate of drug-likeness (QED) is 0.644. The lowest BCUT2D eigenvalue weighted by Crippen LogP contribution is -2.35. The number of hydrogen-bond acceptors (Lipinski definition) is 4. The molecule has 0 aliphatic carbocycles. The zero-order chi connectivity index (χ0) is 11.8. The van der Waals surface area contributed by atoms with E-state index in [1.807, 2.05) is 0 Å². The van der Waals surface area contributed by atoms with E-state index in [0.717, 1.165) is 11.0 Å². The van der Waals surface area contributed by atoms with Gasteiger partial charge in [0.1, 0.15) is 0 Å². The molecule has 6 heteroatoms. The molecule has 6 nitrogen and oxygen atoms in total. The predicted molar refractivity (Wildman–Crippen MR) is 58.6 cm³/mol.